The summed E-state index contributed by atoms with van der Waals surface area (Å²) in [6, 6.07) is 0. The molecule has 1 heteroatoms. The quantitative estimate of drug-likeness (QED) is 0.0386. The van der Waals surface area contributed by atoms with Gasteiger partial charge < -0.3 is 13.8 Å². The van der Waals surface area contributed by atoms with Crippen LogP contribution in [0.15, 0.2) is 24.3 Å². The van der Waals surface area contributed by atoms with E-state index in [1.165, 1.54) is 167 Å². The van der Waals surface area contributed by atoms with Crippen molar-refractivity contribution < 1.29 is 16.5 Å². The SMILES string of the molecule is [CH2-]CCCCCCCC=CCCCCCCCC.[CH2-]CCCCCCCC=CCCCCCCCC.[Ni+2]. The maximum atomic E-state index is 3.87. The molecule has 0 bridgehead atoms. The van der Waals surface area contributed by atoms with Gasteiger partial charge in [0, 0.05) is 0 Å². The number of hydrogen-bond donors (Lipinski definition) is 0. The van der Waals surface area contributed by atoms with Gasteiger partial charge in [-0.15, -0.1) is 0 Å². The Morgan fingerprint density at radius 2 is 0.541 bits per heavy atom. The largest absolute Gasteiger partial charge is 2.00 e. The van der Waals surface area contributed by atoms with E-state index in [0.29, 0.717) is 0 Å². The molecule has 0 aliphatic heterocycles. The predicted octanol–water partition coefficient (Wildman–Crippen LogP) is 13.7. The average molecular weight is 562 g/mol. The van der Waals surface area contributed by atoms with Crippen LogP contribution >= 0.6 is 0 Å². The van der Waals surface area contributed by atoms with Gasteiger partial charge in [0.2, 0.25) is 0 Å². The Bertz CT molecular complexity index is 323. The second kappa shape index (κ2) is 43.0. The molecule has 0 aromatic heterocycles. The van der Waals surface area contributed by atoms with Crippen molar-refractivity contribution in [3.05, 3.63) is 38.2 Å². The van der Waals surface area contributed by atoms with Crippen molar-refractivity contribution >= 4 is 0 Å². The molecule has 0 N–H and O–H groups in total. The Kier molecular flexibility index (Phi) is 48.2. The van der Waals surface area contributed by atoms with Gasteiger partial charge in [-0.25, -0.2) is 0 Å². The van der Waals surface area contributed by atoms with E-state index in [-0.39, 0.29) is 16.5 Å². The van der Waals surface area contributed by atoms with Gasteiger partial charge in [0.25, 0.3) is 0 Å². The van der Waals surface area contributed by atoms with Crippen molar-refractivity contribution in [1.82, 2.24) is 0 Å². The molecule has 0 atom stereocenters. The molecule has 0 aliphatic carbocycles. The van der Waals surface area contributed by atoms with Crippen molar-refractivity contribution in [1.29, 1.82) is 0 Å². The molecule has 0 fully saturated rings. The first kappa shape index (κ1) is 41.5. The fourth-order valence-corrected chi connectivity index (χ4v) is 4.50. The van der Waals surface area contributed by atoms with Crippen LogP contribution in [-0.4, -0.2) is 0 Å². The zero-order valence-corrected chi connectivity index (χ0v) is 26.8. The van der Waals surface area contributed by atoms with Crippen LogP contribution in [-0.2, 0) is 16.5 Å². The van der Waals surface area contributed by atoms with Crippen LogP contribution in [0.5, 0.6) is 0 Å². The molecule has 0 aromatic rings. The fraction of sp³-hybridized carbons (Fsp3) is 0.833. The smallest absolute Gasteiger partial charge is 0.343 e. The first-order valence-corrected chi connectivity index (χ1v) is 16.7. The topological polar surface area (TPSA) is 0 Å². The summed E-state index contributed by atoms with van der Waals surface area (Å²) < 4.78 is 0. The van der Waals surface area contributed by atoms with E-state index >= 15 is 0 Å². The maximum absolute atomic E-state index is 3.87. The summed E-state index contributed by atoms with van der Waals surface area (Å²) in [5.41, 5.74) is 0. The van der Waals surface area contributed by atoms with Crippen LogP contribution in [0.3, 0.4) is 0 Å². The third kappa shape index (κ3) is 46.2. The minimum atomic E-state index is 0. The van der Waals surface area contributed by atoms with Crippen molar-refractivity contribution in [2.24, 2.45) is 0 Å². The monoisotopic (exact) mass is 560 g/mol. The van der Waals surface area contributed by atoms with Crippen LogP contribution in [0.2, 0.25) is 0 Å². The Hall–Kier alpha value is -0.0265. The summed E-state index contributed by atoms with van der Waals surface area (Å²) in [5, 5.41) is 0. The van der Waals surface area contributed by atoms with E-state index in [1.807, 2.05) is 0 Å². The number of unbranched alkanes of at least 4 members (excludes halogenated alkanes) is 24. The van der Waals surface area contributed by atoms with Crippen molar-refractivity contribution in [3.8, 4) is 0 Å². The molecule has 0 unspecified atom stereocenters. The molecule has 0 spiro atoms. The van der Waals surface area contributed by atoms with Crippen LogP contribution < -0.4 is 0 Å². The molecule has 37 heavy (non-hydrogen) atoms. The van der Waals surface area contributed by atoms with Gasteiger partial charge in [0.1, 0.15) is 0 Å². The van der Waals surface area contributed by atoms with E-state index in [4.69, 9.17) is 0 Å². The van der Waals surface area contributed by atoms with Gasteiger partial charge in [-0.1, -0.05) is 154 Å². The van der Waals surface area contributed by atoms with Gasteiger partial charge in [0.15, 0.2) is 0 Å². The maximum Gasteiger partial charge on any atom is 2.00 e. The Balaban J connectivity index is -0.000000608. The van der Waals surface area contributed by atoms with E-state index in [0.717, 1.165) is 12.8 Å². The van der Waals surface area contributed by atoms with E-state index in [2.05, 4.69) is 52.0 Å². The Morgan fingerprint density at radius 1 is 0.324 bits per heavy atom. The number of rotatable bonds is 28. The minimum absolute atomic E-state index is 0. The normalized spacial score (nSPS) is 11.1. The van der Waals surface area contributed by atoms with Crippen molar-refractivity contribution in [3.63, 3.8) is 0 Å². The third-order valence-corrected chi connectivity index (χ3v) is 7.02. The summed E-state index contributed by atoms with van der Waals surface area (Å²) in [6.45, 7) is 12.3. The van der Waals surface area contributed by atoms with Gasteiger partial charge in [-0.2, -0.15) is 12.8 Å². The first-order valence-electron chi connectivity index (χ1n) is 16.7. The van der Waals surface area contributed by atoms with Crippen LogP contribution in [0.4, 0.5) is 0 Å². The number of allylic oxidation sites excluding steroid dienone is 4. The molecule has 0 aliphatic rings. The summed E-state index contributed by atoms with van der Waals surface area (Å²) in [6.07, 6.45) is 47.7. The molecule has 0 aromatic carbocycles. The molecule has 0 rings (SSSR count). The van der Waals surface area contributed by atoms with Crippen LogP contribution in [0, 0.1) is 13.8 Å². The van der Waals surface area contributed by atoms with E-state index in [1.54, 1.807) is 0 Å². The third-order valence-electron chi connectivity index (χ3n) is 7.02. The summed E-state index contributed by atoms with van der Waals surface area (Å²) in [5.74, 6) is 0. The van der Waals surface area contributed by atoms with Crippen molar-refractivity contribution in [2.75, 3.05) is 0 Å². The standard InChI is InChI=1S/2C18H35.Ni/c2*1-3-5-7-9-11-13-15-17-18-16-14-12-10-8-6-4-2;/h2*17-18H,1,3-16H2,2H3;/q2*-1;+2. The van der Waals surface area contributed by atoms with Crippen LogP contribution in [0.25, 0.3) is 0 Å². The average Bonchev–Trinajstić information content (AvgIpc) is 2.89. The zero-order valence-electron chi connectivity index (χ0n) is 25.8. The molecule has 0 saturated heterocycles. The minimum Gasteiger partial charge on any atom is -0.343 e. The summed E-state index contributed by atoms with van der Waals surface area (Å²) >= 11 is 0. The van der Waals surface area contributed by atoms with Gasteiger partial charge >= 0.3 is 16.5 Å². The Morgan fingerprint density at radius 3 is 0.784 bits per heavy atom. The van der Waals surface area contributed by atoms with E-state index < -0.39 is 0 Å². The summed E-state index contributed by atoms with van der Waals surface area (Å²) in [7, 11) is 0. The molecule has 0 amide bonds. The molecule has 0 nitrogen and oxygen atoms in total. The number of hydrogen-bond acceptors (Lipinski definition) is 0. The summed E-state index contributed by atoms with van der Waals surface area (Å²) in [4.78, 5) is 0. The van der Waals surface area contributed by atoms with Gasteiger partial charge in [-0.3, -0.25) is 0 Å². The zero-order chi connectivity index (χ0) is 26.6. The Labute approximate surface area is 247 Å². The van der Waals surface area contributed by atoms with Gasteiger partial charge in [-0.05, 0) is 51.4 Å². The van der Waals surface area contributed by atoms with Crippen LogP contribution in [0.1, 0.15) is 194 Å². The predicted molar refractivity (Wildman–Crippen MR) is 170 cm³/mol. The second-order valence-electron chi connectivity index (χ2n) is 10.9. The molecule has 224 valence electrons. The molecule has 0 radical (unpaired) electrons. The molecular formula is C36H70Ni. The van der Waals surface area contributed by atoms with Crippen molar-refractivity contribution in [2.45, 2.75) is 194 Å². The molecule has 0 saturated carbocycles. The van der Waals surface area contributed by atoms with Gasteiger partial charge in [0.05, 0.1) is 0 Å². The molecule has 0 heterocycles. The van der Waals surface area contributed by atoms with E-state index in [9.17, 15) is 0 Å². The first-order chi connectivity index (χ1) is 17.8. The second-order valence-corrected chi connectivity index (χ2v) is 10.9. The fourth-order valence-electron chi connectivity index (χ4n) is 4.50. The molecular weight excluding hydrogens is 491 g/mol.